The number of hydrogen-bond acceptors (Lipinski definition) is 2. The fourth-order valence-electron chi connectivity index (χ4n) is 1.63. The zero-order chi connectivity index (χ0) is 7.52. The van der Waals surface area contributed by atoms with Crippen molar-refractivity contribution >= 4 is 11.3 Å². The summed E-state index contributed by atoms with van der Waals surface area (Å²) in [6.07, 6.45) is 2.63. The van der Waals surface area contributed by atoms with Gasteiger partial charge in [-0.1, -0.05) is 0 Å². The maximum absolute atomic E-state index is 3.39. The van der Waals surface area contributed by atoms with Crippen LogP contribution in [0.25, 0.3) is 0 Å². The Kier molecular flexibility index (Phi) is 2.24. The maximum atomic E-state index is 3.39. The molecule has 1 fully saturated rings. The highest BCUT2D eigenvalue weighted by molar-refractivity contribution is 7.07. The molecular formula is C9H13NS. The topological polar surface area (TPSA) is 12.0 Å². The van der Waals surface area contributed by atoms with Crippen molar-refractivity contribution in [3.63, 3.8) is 0 Å². The molecule has 0 radical (unpaired) electrons. The summed E-state index contributed by atoms with van der Waals surface area (Å²) in [5, 5.41) is 7.81. The van der Waals surface area contributed by atoms with E-state index in [0.717, 1.165) is 5.92 Å². The van der Waals surface area contributed by atoms with Crippen molar-refractivity contribution in [1.82, 2.24) is 5.32 Å². The summed E-state index contributed by atoms with van der Waals surface area (Å²) in [5.74, 6) is 0.893. The Balaban J connectivity index is 1.90. The lowest BCUT2D eigenvalue weighted by Gasteiger charge is -2.04. The molecular weight excluding hydrogens is 154 g/mol. The van der Waals surface area contributed by atoms with Gasteiger partial charge in [-0.25, -0.2) is 0 Å². The lowest BCUT2D eigenvalue weighted by Crippen LogP contribution is -2.10. The third-order valence-corrected chi connectivity index (χ3v) is 3.00. The van der Waals surface area contributed by atoms with Crippen LogP contribution in [0.3, 0.4) is 0 Å². The minimum absolute atomic E-state index is 0.893. The summed E-state index contributed by atoms with van der Waals surface area (Å²) in [7, 11) is 0. The smallest absolute Gasteiger partial charge is 0.00169 e. The molecule has 2 rings (SSSR count). The first-order valence-electron chi connectivity index (χ1n) is 4.17. The van der Waals surface area contributed by atoms with Crippen molar-refractivity contribution in [3.8, 4) is 0 Å². The Morgan fingerprint density at radius 2 is 2.64 bits per heavy atom. The van der Waals surface area contributed by atoms with Crippen LogP contribution in [0.5, 0.6) is 0 Å². The van der Waals surface area contributed by atoms with Crippen molar-refractivity contribution in [2.75, 3.05) is 13.1 Å². The monoisotopic (exact) mass is 167 g/mol. The Labute approximate surface area is 71.4 Å². The van der Waals surface area contributed by atoms with Gasteiger partial charge in [0.1, 0.15) is 0 Å². The van der Waals surface area contributed by atoms with E-state index in [1.165, 1.54) is 31.5 Å². The first-order chi connectivity index (χ1) is 5.45. The van der Waals surface area contributed by atoms with E-state index in [2.05, 4.69) is 22.1 Å². The third-order valence-electron chi connectivity index (χ3n) is 2.27. The van der Waals surface area contributed by atoms with Gasteiger partial charge in [0, 0.05) is 0 Å². The van der Waals surface area contributed by atoms with E-state index in [-0.39, 0.29) is 0 Å². The van der Waals surface area contributed by atoms with Gasteiger partial charge in [-0.2, -0.15) is 11.3 Å². The maximum Gasteiger partial charge on any atom is -0.00169 e. The van der Waals surface area contributed by atoms with E-state index < -0.39 is 0 Å². The molecule has 2 heteroatoms. The summed E-state index contributed by atoms with van der Waals surface area (Å²) >= 11 is 1.80. The van der Waals surface area contributed by atoms with E-state index in [9.17, 15) is 0 Å². The van der Waals surface area contributed by atoms with Crippen LogP contribution in [0, 0.1) is 5.92 Å². The molecule has 1 aromatic heterocycles. The minimum Gasteiger partial charge on any atom is -0.316 e. The molecule has 1 aromatic rings. The third kappa shape index (κ3) is 1.82. The summed E-state index contributed by atoms with van der Waals surface area (Å²) in [4.78, 5) is 0. The number of rotatable bonds is 2. The molecule has 0 saturated carbocycles. The van der Waals surface area contributed by atoms with Crippen LogP contribution in [0.2, 0.25) is 0 Å². The highest BCUT2D eigenvalue weighted by Crippen LogP contribution is 2.16. The molecule has 60 valence electrons. The van der Waals surface area contributed by atoms with Gasteiger partial charge in [0.25, 0.3) is 0 Å². The van der Waals surface area contributed by atoms with Crippen molar-refractivity contribution in [2.45, 2.75) is 12.8 Å². The predicted molar refractivity (Wildman–Crippen MR) is 49.0 cm³/mol. The average molecular weight is 167 g/mol. The van der Waals surface area contributed by atoms with Gasteiger partial charge in [0.15, 0.2) is 0 Å². The van der Waals surface area contributed by atoms with Gasteiger partial charge in [0.05, 0.1) is 0 Å². The molecule has 0 amide bonds. The number of thiophene rings is 1. The number of hydrogen-bond donors (Lipinski definition) is 1. The number of nitrogens with one attached hydrogen (secondary N) is 1. The fraction of sp³-hybridized carbons (Fsp3) is 0.556. The molecule has 0 aromatic carbocycles. The van der Waals surface area contributed by atoms with Gasteiger partial charge in [0.2, 0.25) is 0 Å². The highest BCUT2D eigenvalue weighted by Gasteiger charge is 2.14. The Morgan fingerprint density at radius 3 is 3.27 bits per heavy atom. The zero-order valence-corrected chi connectivity index (χ0v) is 7.36. The van der Waals surface area contributed by atoms with Crippen molar-refractivity contribution in [3.05, 3.63) is 22.4 Å². The molecule has 2 heterocycles. The van der Waals surface area contributed by atoms with E-state index in [0.29, 0.717) is 0 Å². The zero-order valence-electron chi connectivity index (χ0n) is 6.55. The molecule has 11 heavy (non-hydrogen) atoms. The van der Waals surface area contributed by atoms with Crippen LogP contribution < -0.4 is 5.32 Å². The molecule has 1 N–H and O–H groups in total. The van der Waals surface area contributed by atoms with Gasteiger partial charge in [-0.3, -0.25) is 0 Å². The molecule has 0 spiro atoms. The summed E-state index contributed by atoms with van der Waals surface area (Å²) in [6.45, 7) is 2.44. The minimum atomic E-state index is 0.893. The second kappa shape index (κ2) is 3.37. The van der Waals surface area contributed by atoms with Gasteiger partial charge < -0.3 is 5.32 Å². The van der Waals surface area contributed by atoms with Gasteiger partial charge >= 0.3 is 0 Å². The Bertz CT molecular complexity index is 199. The largest absolute Gasteiger partial charge is 0.316 e. The molecule has 0 bridgehead atoms. The Hall–Kier alpha value is -0.340. The normalized spacial score (nSPS) is 24.2. The lowest BCUT2D eigenvalue weighted by atomic mass is 10.0. The highest BCUT2D eigenvalue weighted by atomic mass is 32.1. The van der Waals surface area contributed by atoms with E-state index >= 15 is 0 Å². The fourth-order valence-corrected chi connectivity index (χ4v) is 2.31. The van der Waals surface area contributed by atoms with E-state index in [4.69, 9.17) is 0 Å². The van der Waals surface area contributed by atoms with E-state index in [1.54, 1.807) is 11.3 Å². The van der Waals surface area contributed by atoms with Crippen molar-refractivity contribution in [1.29, 1.82) is 0 Å². The molecule has 1 nitrogen and oxygen atoms in total. The summed E-state index contributed by atoms with van der Waals surface area (Å²) in [6, 6.07) is 2.24. The van der Waals surface area contributed by atoms with Gasteiger partial charge in [-0.05, 0) is 54.2 Å². The summed E-state index contributed by atoms with van der Waals surface area (Å²) < 4.78 is 0. The first-order valence-corrected chi connectivity index (χ1v) is 5.11. The SMILES string of the molecule is c1cc(CC2CCNC2)cs1. The van der Waals surface area contributed by atoms with Crippen LogP contribution in [0.4, 0.5) is 0 Å². The van der Waals surface area contributed by atoms with Crippen LogP contribution in [-0.2, 0) is 6.42 Å². The van der Waals surface area contributed by atoms with Crippen LogP contribution >= 0.6 is 11.3 Å². The first kappa shape index (κ1) is 7.32. The predicted octanol–water partition coefficient (Wildman–Crippen LogP) is 1.90. The second-order valence-corrected chi connectivity index (χ2v) is 3.97. The second-order valence-electron chi connectivity index (χ2n) is 3.19. The molecule has 1 unspecified atom stereocenters. The Morgan fingerprint density at radius 1 is 1.64 bits per heavy atom. The van der Waals surface area contributed by atoms with Crippen LogP contribution in [0.1, 0.15) is 12.0 Å². The van der Waals surface area contributed by atoms with Crippen LogP contribution in [-0.4, -0.2) is 13.1 Å². The molecule has 1 saturated heterocycles. The molecule has 0 aliphatic carbocycles. The average Bonchev–Trinajstić information content (AvgIpc) is 2.60. The van der Waals surface area contributed by atoms with Crippen molar-refractivity contribution in [2.24, 2.45) is 5.92 Å². The summed E-state index contributed by atoms with van der Waals surface area (Å²) in [5.41, 5.74) is 1.52. The molecule has 1 aliphatic rings. The van der Waals surface area contributed by atoms with Gasteiger partial charge in [-0.15, -0.1) is 0 Å². The van der Waals surface area contributed by atoms with Crippen molar-refractivity contribution < 1.29 is 0 Å². The van der Waals surface area contributed by atoms with E-state index in [1.807, 2.05) is 0 Å². The van der Waals surface area contributed by atoms with Crippen LogP contribution in [0.15, 0.2) is 16.8 Å². The molecule has 1 aliphatic heterocycles. The standard InChI is InChI=1S/C9H13NS/c1-3-10-6-8(1)5-9-2-4-11-7-9/h2,4,7-8,10H,1,3,5-6H2. The quantitative estimate of drug-likeness (QED) is 0.709. The molecule has 1 atom stereocenters. The lowest BCUT2D eigenvalue weighted by molar-refractivity contribution is 0.581.